The molecule has 0 atom stereocenters. The van der Waals surface area contributed by atoms with E-state index >= 15 is 0 Å². The van der Waals surface area contributed by atoms with Crippen LogP contribution in [0.15, 0.2) is 48.0 Å². The Kier molecular flexibility index (Phi) is 8.07. The SMILES string of the molecule is C=CCCCOc1cccc(OCCCC=C)c1Br. The van der Waals surface area contributed by atoms with Gasteiger partial charge in [0.1, 0.15) is 16.0 Å². The molecule has 0 aliphatic carbocycles. The molecule has 1 aromatic carbocycles. The Balaban J connectivity index is 2.48. The number of unbranched alkanes of at least 4 members (excludes halogenated alkanes) is 2. The zero-order valence-electron chi connectivity index (χ0n) is 11.2. The Bertz CT molecular complexity index is 367. The fraction of sp³-hybridized carbons (Fsp3) is 0.375. The minimum Gasteiger partial charge on any atom is -0.492 e. The number of benzene rings is 1. The molecule has 3 heteroatoms. The van der Waals surface area contributed by atoms with Crippen molar-refractivity contribution in [2.75, 3.05) is 13.2 Å². The normalized spacial score (nSPS) is 9.95. The molecule has 0 aliphatic rings. The topological polar surface area (TPSA) is 18.5 Å². The van der Waals surface area contributed by atoms with Gasteiger partial charge >= 0.3 is 0 Å². The molecule has 104 valence electrons. The average molecular weight is 325 g/mol. The van der Waals surface area contributed by atoms with Gasteiger partial charge in [0.25, 0.3) is 0 Å². The fourth-order valence-electron chi connectivity index (χ4n) is 1.53. The summed E-state index contributed by atoms with van der Waals surface area (Å²) in [5.74, 6) is 1.65. The van der Waals surface area contributed by atoms with Crippen molar-refractivity contribution >= 4 is 15.9 Å². The van der Waals surface area contributed by atoms with E-state index < -0.39 is 0 Å². The van der Waals surface area contributed by atoms with E-state index in [0.29, 0.717) is 13.2 Å². The predicted molar refractivity (Wildman–Crippen MR) is 84.0 cm³/mol. The Labute approximate surface area is 124 Å². The number of ether oxygens (including phenoxy) is 2. The average Bonchev–Trinajstić information content (AvgIpc) is 2.43. The third kappa shape index (κ3) is 5.97. The highest BCUT2D eigenvalue weighted by molar-refractivity contribution is 9.10. The summed E-state index contributed by atoms with van der Waals surface area (Å²) in [4.78, 5) is 0. The van der Waals surface area contributed by atoms with Crippen LogP contribution in [0.4, 0.5) is 0 Å². The summed E-state index contributed by atoms with van der Waals surface area (Å²) < 4.78 is 12.3. The molecule has 19 heavy (non-hydrogen) atoms. The molecule has 2 nitrogen and oxygen atoms in total. The summed E-state index contributed by atoms with van der Waals surface area (Å²) in [5, 5.41) is 0. The van der Waals surface area contributed by atoms with Gasteiger partial charge in [-0.25, -0.2) is 0 Å². The second kappa shape index (κ2) is 9.68. The first-order valence-electron chi connectivity index (χ1n) is 6.55. The smallest absolute Gasteiger partial charge is 0.137 e. The first-order chi connectivity index (χ1) is 9.29. The highest BCUT2D eigenvalue weighted by Gasteiger charge is 2.07. The van der Waals surface area contributed by atoms with Crippen molar-refractivity contribution in [3.8, 4) is 11.5 Å². The highest BCUT2D eigenvalue weighted by atomic mass is 79.9. The van der Waals surface area contributed by atoms with Crippen LogP contribution in [0.2, 0.25) is 0 Å². The number of hydrogen-bond donors (Lipinski definition) is 0. The molecule has 0 bridgehead atoms. The summed E-state index contributed by atoms with van der Waals surface area (Å²) in [7, 11) is 0. The second-order valence-corrected chi connectivity index (χ2v) is 4.92. The van der Waals surface area contributed by atoms with Crippen molar-refractivity contribution < 1.29 is 9.47 Å². The maximum absolute atomic E-state index is 5.72. The van der Waals surface area contributed by atoms with Crippen molar-refractivity contribution in [2.24, 2.45) is 0 Å². The summed E-state index contributed by atoms with van der Waals surface area (Å²) in [6.07, 6.45) is 7.68. The quantitative estimate of drug-likeness (QED) is 0.438. The van der Waals surface area contributed by atoms with Crippen LogP contribution in [0, 0.1) is 0 Å². The molecule has 0 saturated heterocycles. The van der Waals surface area contributed by atoms with E-state index in [9.17, 15) is 0 Å². The van der Waals surface area contributed by atoms with E-state index in [0.717, 1.165) is 41.7 Å². The van der Waals surface area contributed by atoms with E-state index in [4.69, 9.17) is 9.47 Å². The Morgan fingerprint density at radius 1 is 0.947 bits per heavy atom. The lowest BCUT2D eigenvalue weighted by Crippen LogP contribution is -2.00. The van der Waals surface area contributed by atoms with Crippen LogP contribution in [0.25, 0.3) is 0 Å². The molecule has 0 unspecified atom stereocenters. The lowest BCUT2D eigenvalue weighted by atomic mass is 10.3. The molecule has 0 aliphatic heterocycles. The zero-order chi connectivity index (χ0) is 13.9. The molecule has 0 spiro atoms. The summed E-state index contributed by atoms with van der Waals surface area (Å²) in [6, 6.07) is 5.82. The van der Waals surface area contributed by atoms with Crippen molar-refractivity contribution in [2.45, 2.75) is 25.7 Å². The molecule has 0 amide bonds. The number of hydrogen-bond acceptors (Lipinski definition) is 2. The Morgan fingerprint density at radius 3 is 1.84 bits per heavy atom. The summed E-state index contributed by atoms with van der Waals surface area (Å²) in [5.41, 5.74) is 0. The zero-order valence-corrected chi connectivity index (χ0v) is 12.8. The van der Waals surface area contributed by atoms with Gasteiger partial charge in [-0.1, -0.05) is 18.2 Å². The highest BCUT2D eigenvalue weighted by Crippen LogP contribution is 2.34. The molecule has 0 N–H and O–H groups in total. The van der Waals surface area contributed by atoms with E-state index in [1.807, 2.05) is 30.4 Å². The van der Waals surface area contributed by atoms with Crippen molar-refractivity contribution in [1.82, 2.24) is 0 Å². The lowest BCUT2D eigenvalue weighted by molar-refractivity contribution is 0.293. The molecule has 0 fully saturated rings. The van der Waals surface area contributed by atoms with Crippen molar-refractivity contribution in [3.63, 3.8) is 0 Å². The second-order valence-electron chi connectivity index (χ2n) is 4.13. The predicted octanol–water partition coefficient (Wildman–Crippen LogP) is 5.14. The van der Waals surface area contributed by atoms with Gasteiger partial charge in [-0.2, -0.15) is 0 Å². The van der Waals surface area contributed by atoms with Gasteiger partial charge in [-0.3, -0.25) is 0 Å². The molecule has 1 rings (SSSR count). The fourth-order valence-corrected chi connectivity index (χ4v) is 2.03. The van der Waals surface area contributed by atoms with Gasteiger partial charge in [0.05, 0.1) is 13.2 Å². The van der Waals surface area contributed by atoms with Crippen LogP contribution < -0.4 is 9.47 Å². The number of allylic oxidation sites excluding steroid dienone is 2. The van der Waals surface area contributed by atoms with E-state index in [-0.39, 0.29) is 0 Å². The van der Waals surface area contributed by atoms with Crippen molar-refractivity contribution in [1.29, 1.82) is 0 Å². The van der Waals surface area contributed by atoms with E-state index in [1.165, 1.54) is 0 Å². The van der Waals surface area contributed by atoms with Crippen LogP contribution in [-0.2, 0) is 0 Å². The summed E-state index contributed by atoms with van der Waals surface area (Å²) >= 11 is 3.53. The van der Waals surface area contributed by atoms with Crippen molar-refractivity contribution in [3.05, 3.63) is 48.0 Å². The molecule has 0 saturated carbocycles. The molecule has 0 aromatic heterocycles. The monoisotopic (exact) mass is 324 g/mol. The first kappa shape index (κ1) is 15.8. The van der Waals surface area contributed by atoms with E-state index in [1.54, 1.807) is 0 Å². The molecule has 0 heterocycles. The molecule has 1 aromatic rings. The lowest BCUT2D eigenvalue weighted by Gasteiger charge is -2.12. The van der Waals surface area contributed by atoms with Gasteiger partial charge in [-0.15, -0.1) is 13.2 Å². The number of halogens is 1. The standard InChI is InChI=1S/C16H21BrO2/c1-3-5-7-12-18-14-10-9-11-15(16(14)17)19-13-8-6-4-2/h3-4,9-11H,1-2,5-8,12-13H2. The first-order valence-corrected chi connectivity index (χ1v) is 7.34. The van der Waals surface area contributed by atoms with E-state index in [2.05, 4.69) is 29.1 Å². The largest absolute Gasteiger partial charge is 0.492 e. The maximum Gasteiger partial charge on any atom is 0.137 e. The minimum atomic E-state index is 0.685. The molecular formula is C16H21BrO2. The van der Waals surface area contributed by atoms with Gasteiger partial charge < -0.3 is 9.47 Å². The third-order valence-electron chi connectivity index (χ3n) is 2.55. The van der Waals surface area contributed by atoms with Gasteiger partial charge in [0, 0.05) is 0 Å². The Hall–Kier alpha value is -1.22. The summed E-state index contributed by atoms with van der Waals surface area (Å²) in [6.45, 7) is 8.76. The van der Waals surface area contributed by atoms with Crippen LogP contribution in [0.3, 0.4) is 0 Å². The van der Waals surface area contributed by atoms with Crippen LogP contribution in [0.5, 0.6) is 11.5 Å². The minimum absolute atomic E-state index is 0.685. The molecule has 0 radical (unpaired) electrons. The van der Waals surface area contributed by atoms with Gasteiger partial charge in [0.2, 0.25) is 0 Å². The van der Waals surface area contributed by atoms with Crippen LogP contribution in [-0.4, -0.2) is 13.2 Å². The Morgan fingerprint density at radius 2 is 1.42 bits per heavy atom. The van der Waals surface area contributed by atoms with Gasteiger partial charge in [-0.05, 0) is 53.7 Å². The van der Waals surface area contributed by atoms with Crippen LogP contribution >= 0.6 is 15.9 Å². The number of rotatable bonds is 10. The van der Waals surface area contributed by atoms with Gasteiger partial charge in [0.15, 0.2) is 0 Å². The van der Waals surface area contributed by atoms with Crippen LogP contribution in [0.1, 0.15) is 25.7 Å². The molecular weight excluding hydrogens is 304 g/mol. The third-order valence-corrected chi connectivity index (χ3v) is 3.33. The maximum atomic E-state index is 5.72.